The lowest BCUT2D eigenvalue weighted by Crippen LogP contribution is -2.26. The van der Waals surface area contributed by atoms with E-state index in [0.717, 1.165) is 111 Å². The molecule has 11 aromatic carbocycles. The lowest BCUT2D eigenvalue weighted by atomic mass is 10.0. The molecule has 1 unspecified atom stereocenters. The van der Waals surface area contributed by atoms with Gasteiger partial charge in [-0.15, -0.1) is 0 Å². The van der Waals surface area contributed by atoms with Crippen molar-refractivity contribution in [3.63, 3.8) is 0 Å². The van der Waals surface area contributed by atoms with Crippen LogP contribution in [0, 0.1) is 0 Å². The van der Waals surface area contributed by atoms with Crippen molar-refractivity contribution in [2.24, 2.45) is 0 Å². The van der Waals surface area contributed by atoms with E-state index in [1.54, 1.807) is 0 Å². The Morgan fingerprint density at radius 1 is 0.247 bits per heavy atom. The summed E-state index contributed by atoms with van der Waals surface area (Å²) in [6, 6.07) is 94.3. The molecule has 0 radical (unpaired) electrons. The number of para-hydroxylation sites is 6. The van der Waals surface area contributed by atoms with E-state index in [9.17, 15) is 0 Å². The number of aromatic nitrogens is 3. The molecule has 0 aliphatic carbocycles. The van der Waals surface area contributed by atoms with E-state index in [0.29, 0.717) is 0 Å². The first-order chi connectivity index (χ1) is 36.1. The van der Waals surface area contributed by atoms with Gasteiger partial charge in [-0.2, -0.15) is 0 Å². The fraction of sp³-hybridized carbons (Fsp3) is 0. The van der Waals surface area contributed by atoms with E-state index in [-0.39, 0.29) is 0 Å². The Hall–Kier alpha value is -9.35. The zero-order valence-corrected chi connectivity index (χ0v) is 40.4. The van der Waals surface area contributed by atoms with Crippen LogP contribution in [-0.2, 0) is 4.57 Å². The first-order valence-electron chi connectivity index (χ1n) is 24.8. The number of hydrogen-bond donors (Lipinski definition) is 0. The molecule has 4 heterocycles. The largest absolute Gasteiger partial charge is 0.309 e. The van der Waals surface area contributed by atoms with Crippen LogP contribution in [0.2, 0.25) is 0 Å². The molecular formula is C66H44N5OP. The fourth-order valence-corrected chi connectivity index (χ4v) is 14.8. The van der Waals surface area contributed by atoms with Crippen LogP contribution >= 0.6 is 7.44 Å². The quantitative estimate of drug-likeness (QED) is 0.149. The van der Waals surface area contributed by atoms with Gasteiger partial charge in [-0.05, 0) is 139 Å². The first-order valence-corrected chi connectivity index (χ1v) is 26.4. The maximum absolute atomic E-state index is 17.5. The van der Waals surface area contributed by atoms with E-state index >= 15 is 4.57 Å². The van der Waals surface area contributed by atoms with Crippen LogP contribution in [0.4, 0.5) is 22.7 Å². The molecule has 0 saturated carbocycles. The monoisotopic (exact) mass is 953 g/mol. The van der Waals surface area contributed by atoms with Gasteiger partial charge in [-0.3, -0.25) is 13.9 Å². The molecule has 73 heavy (non-hydrogen) atoms. The molecule has 7 heteroatoms. The Morgan fingerprint density at radius 2 is 0.589 bits per heavy atom. The lowest BCUT2D eigenvalue weighted by Gasteiger charge is -2.33. The fourth-order valence-electron chi connectivity index (χ4n) is 11.8. The number of rotatable bonds is 7. The van der Waals surface area contributed by atoms with E-state index in [2.05, 4.69) is 260 Å². The Kier molecular flexibility index (Phi) is 9.13. The third kappa shape index (κ3) is 6.15. The predicted octanol–water partition coefficient (Wildman–Crippen LogP) is 17.5. The molecule has 1 aliphatic rings. The van der Waals surface area contributed by atoms with Gasteiger partial charge in [0.05, 0.1) is 61.2 Å². The molecule has 344 valence electrons. The van der Waals surface area contributed by atoms with Gasteiger partial charge in [0.2, 0.25) is 0 Å². The van der Waals surface area contributed by atoms with E-state index < -0.39 is 7.44 Å². The molecule has 0 N–H and O–H groups in total. The molecule has 0 fully saturated rings. The second-order valence-corrected chi connectivity index (χ2v) is 21.3. The predicted molar refractivity (Wildman–Crippen MR) is 306 cm³/mol. The summed E-state index contributed by atoms with van der Waals surface area (Å²) in [6.07, 6.45) is 0. The SMILES string of the molecule is O=P1(c2ccccc2)N(c2ccc3c(c2)c2ccccc2n3-c2ccccc2)c2ccc(-c3ccc4c(c3)c3ccccc3n4-c3ccccc3)cc2N1c1ccc2c(c1)c1ccccc1n2-c1ccccc1. The third-order valence-corrected chi connectivity index (χ3v) is 17.9. The minimum Gasteiger partial charge on any atom is -0.309 e. The van der Waals surface area contributed by atoms with Crippen molar-refractivity contribution in [3.05, 3.63) is 267 Å². The van der Waals surface area contributed by atoms with Gasteiger partial charge in [0.25, 0.3) is 0 Å². The smallest absolute Gasteiger partial charge is 0.301 e. The van der Waals surface area contributed by atoms with Gasteiger partial charge in [0, 0.05) is 49.4 Å². The average molecular weight is 954 g/mol. The van der Waals surface area contributed by atoms with Gasteiger partial charge < -0.3 is 13.7 Å². The Balaban J connectivity index is 0.989. The molecule has 14 aromatic rings. The average Bonchev–Trinajstić information content (AvgIpc) is 4.16. The maximum Gasteiger partial charge on any atom is 0.301 e. The summed E-state index contributed by atoms with van der Waals surface area (Å²) in [5.41, 5.74) is 15.6. The maximum atomic E-state index is 17.5. The Labute approximate surface area is 421 Å². The van der Waals surface area contributed by atoms with Crippen LogP contribution < -0.4 is 14.6 Å². The molecule has 0 saturated heterocycles. The minimum absolute atomic E-state index is 0.738. The van der Waals surface area contributed by atoms with Crippen molar-refractivity contribution in [1.82, 2.24) is 13.7 Å². The first kappa shape index (κ1) is 41.4. The van der Waals surface area contributed by atoms with E-state index in [4.69, 9.17) is 0 Å². The normalized spacial score (nSPS) is 14.6. The Bertz CT molecular complexity index is 4540. The van der Waals surface area contributed by atoms with Gasteiger partial charge in [-0.25, -0.2) is 0 Å². The molecule has 1 aliphatic heterocycles. The summed E-state index contributed by atoms with van der Waals surface area (Å²) in [7, 11) is -3.81. The number of fused-ring (bicyclic) bond motifs is 10. The van der Waals surface area contributed by atoms with Gasteiger partial charge in [-0.1, -0.05) is 140 Å². The number of anilines is 4. The standard InChI is InChI=1S/C66H44N5OP/c72-73(52-25-11-4-12-26-52)70(50-35-39-63-57(43-50)54-28-14-17-31-60(54)68(63)48-21-7-2-8-22-48)65-38-34-46(45-33-37-62-56(41-45)53-27-13-16-30-59(53)67(62)47-19-5-1-6-20-47)42-66(65)71(73)51-36-40-64-58(44-51)55-29-15-18-32-61(55)69(64)49-23-9-3-10-24-49/h1-44H. The number of benzene rings is 11. The highest BCUT2D eigenvalue weighted by Crippen LogP contribution is 2.70. The highest BCUT2D eigenvalue weighted by molar-refractivity contribution is 7.76. The van der Waals surface area contributed by atoms with Crippen molar-refractivity contribution in [2.45, 2.75) is 0 Å². The molecule has 0 amide bonds. The van der Waals surface area contributed by atoms with Crippen LogP contribution in [0.5, 0.6) is 0 Å². The summed E-state index contributed by atoms with van der Waals surface area (Å²) in [5.74, 6) is 0. The molecule has 0 bridgehead atoms. The van der Waals surface area contributed by atoms with Crippen molar-refractivity contribution in [3.8, 4) is 28.2 Å². The Morgan fingerprint density at radius 3 is 1.05 bits per heavy atom. The lowest BCUT2D eigenvalue weighted by molar-refractivity contribution is 0.582. The van der Waals surface area contributed by atoms with Gasteiger partial charge in [0.1, 0.15) is 0 Å². The van der Waals surface area contributed by atoms with Crippen LogP contribution in [0.1, 0.15) is 0 Å². The topological polar surface area (TPSA) is 38.3 Å². The van der Waals surface area contributed by atoms with Crippen molar-refractivity contribution < 1.29 is 4.57 Å². The summed E-state index contributed by atoms with van der Waals surface area (Å²) >= 11 is 0. The number of hydrogen-bond acceptors (Lipinski definition) is 1. The summed E-state index contributed by atoms with van der Waals surface area (Å²) < 4.78 is 28.9. The molecule has 6 nitrogen and oxygen atoms in total. The third-order valence-electron chi connectivity index (χ3n) is 14.9. The molecular weight excluding hydrogens is 910 g/mol. The summed E-state index contributed by atoms with van der Waals surface area (Å²) in [5, 5.41) is 7.54. The van der Waals surface area contributed by atoms with Crippen LogP contribution in [-0.4, -0.2) is 13.7 Å². The van der Waals surface area contributed by atoms with Crippen molar-refractivity contribution >= 4 is 101 Å². The number of nitrogens with zero attached hydrogens (tertiary/aromatic N) is 5. The van der Waals surface area contributed by atoms with Crippen molar-refractivity contribution in [2.75, 3.05) is 9.34 Å². The molecule has 0 spiro atoms. The summed E-state index contributed by atoms with van der Waals surface area (Å²) in [4.78, 5) is 0. The second kappa shape index (κ2) is 16.1. The second-order valence-electron chi connectivity index (χ2n) is 18.9. The van der Waals surface area contributed by atoms with Crippen molar-refractivity contribution in [1.29, 1.82) is 0 Å². The summed E-state index contributed by atoms with van der Waals surface area (Å²) in [6.45, 7) is 0. The van der Waals surface area contributed by atoms with Crippen LogP contribution in [0.3, 0.4) is 0 Å². The van der Waals surface area contributed by atoms with Crippen LogP contribution in [0.15, 0.2) is 267 Å². The van der Waals surface area contributed by atoms with Crippen LogP contribution in [0.25, 0.3) is 93.6 Å². The highest BCUT2D eigenvalue weighted by atomic mass is 31.2. The minimum atomic E-state index is -3.81. The van der Waals surface area contributed by atoms with Gasteiger partial charge >= 0.3 is 7.44 Å². The zero-order valence-electron chi connectivity index (χ0n) is 39.5. The van der Waals surface area contributed by atoms with Gasteiger partial charge in [0.15, 0.2) is 0 Å². The van der Waals surface area contributed by atoms with E-state index in [1.807, 2.05) is 30.3 Å². The zero-order chi connectivity index (χ0) is 48.2. The highest BCUT2D eigenvalue weighted by Gasteiger charge is 2.49. The molecule has 3 aromatic heterocycles. The van der Waals surface area contributed by atoms with E-state index in [1.165, 1.54) is 10.8 Å². The molecule has 1 atom stereocenters. The molecule has 15 rings (SSSR count).